The summed E-state index contributed by atoms with van der Waals surface area (Å²) in [6.45, 7) is 12.0. The van der Waals surface area contributed by atoms with Gasteiger partial charge in [0.25, 0.3) is 0 Å². The smallest absolute Gasteiger partial charge is 0.0871 e. The molecular weight excluding hydrogens is 282 g/mol. The van der Waals surface area contributed by atoms with Gasteiger partial charge in [0, 0.05) is 17.8 Å². The van der Waals surface area contributed by atoms with Crippen molar-refractivity contribution in [3.05, 3.63) is 46.3 Å². The van der Waals surface area contributed by atoms with Crippen molar-refractivity contribution in [3.8, 4) is 5.69 Å². The lowest BCUT2D eigenvalue weighted by molar-refractivity contribution is 0.425. The van der Waals surface area contributed by atoms with Crippen LogP contribution in [0.3, 0.4) is 0 Å². The van der Waals surface area contributed by atoms with E-state index < -0.39 is 0 Å². The largest absolute Gasteiger partial charge is 0.302 e. The molecule has 0 unspecified atom stereocenters. The third-order valence-corrected chi connectivity index (χ3v) is 4.72. The summed E-state index contributed by atoms with van der Waals surface area (Å²) in [7, 11) is 0. The minimum Gasteiger partial charge on any atom is -0.302 e. The molecule has 0 aliphatic carbocycles. The number of aromatic nitrogens is 2. The number of para-hydroxylation sites is 1. The van der Waals surface area contributed by atoms with E-state index in [-0.39, 0.29) is 20.4 Å². The number of hydrogen-bond donors (Lipinski definition) is 1. The number of rotatable bonds is 3. The third-order valence-electron chi connectivity index (χ3n) is 4.72. The van der Waals surface area contributed by atoms with Gasteiger partial charge in [-0.1, -0.05) is 46.9 Å². The fraction of sp³-hybridized carbons (Fsp3) is 0.550. The first-order valence-corrected chi connectivity index (χ1v) is 7.94. The maximum atomic E-state index is 4.98. The fourth-order valence-corrected chi connectivity index (χ4v) is 3.35. The van der Waals surface area contributed by atoms with E-state index in [4.69, 9.17) is 5.10 Å². The van der Waals surface area contributed by atoms with E-state index in [0.29, 0.717) is 0 Å². The second kappa shape index (κ2) is 6.88. The molecule has 128 valence electrons. The van der Waals surface area contributed by atoms with Crippen LogP contribution in [-0.4, -0.2) is 9.78 Å². The average Bonchev–Trinajstić information content (AvgIpc) is 2.96. The Hall–Kier alpha value is -1.61. The molecule has 0 radical (unpaired) electrons. The topological polar surface area (TPSA) is 29.9 Å². The molecule has 1 aromatic heterocycles. The Bertz CT molecular complexity index is 658. The second-order valence-electron chi connectivity index (χ2n) is 6.43. The lowest BCUT2D eigenvalue weighted by Crippen LogP contribution is -2.30. The number of fused-ring (bicyclic) bond motifs is 1. The molecule has 0 bridgehead atoms. The van der Waals surface area contributed by atoms with Gasteiger partial charge in [-0.3, -0.25) is 0 Å². The summed E-state index contributed by atoms with van der Waals surface area (Å²) in [5.74, 6) is 0. The van der Waals surface area contributed by atoms with E-state index in [1.54, 1.807) is 0 Å². The molecule has 1 aliphatic heterocycles. The van der Waals surface area contributed by atoms with Crippen molar-refractivity contribution in [1.29, 1.82) is 0 Å². The normalized spacial score (nSPS) is 14.8. The minimum atomic E-state index is -0.0289. The number of nitrogens with zero attached hydrogens (tertiary/aromatic N) is 2. The van der Waals surface area contributed by atoms with Crippen molar-refractivity contribution >= 4 is 0 Å². The van der Waals surface area contributed by atoms with Crippen LogP contribution in [0.1, 0.15) is 70.6 Å². The van der Waals surface area contributed by atoms with Gasteiger partial charge >= 0.3 is 0 Å². The van der Waals surface area contributed by atoms with Crippen LogP contribution >= 0.6 is 0 Å². The zero-order valence-electron chi connectivity index (χ0n) is 13.7. The summed E-state index contributed by atoms with van der Waals surface area (Å²) in [6.07, 6.45) is 2.07. The molecule has 2 aromatic rings. The summed E-state index contributed by atoms with van der Waals surface area (Å²) in [4.78, 5) is 0. The van der Waals surface area contributed by atoms with Gasteiger partial charge in [-0.15, -0.1) is 0 Å². The molecule has 0 fully saturated rings. The predicted octanol–water partition coefficient (Wildman–Crippen LogP) is 4.92. The van der Waals surface area contributed by atoms with Crippen LogP contribution in [0.4, 0.5) is 0 Å². The molecule has 0 spiro atoms. The molecule has 3 nitrogen and oxygen atoms in total. The Labute approximate surface area is 142 Å². The Kier molecular flexibility index (Phi) is 5.81. The Morgan fingerprint density at radius 2 is 1.70 bits per heavy atom. The van der Waals surface area contributed by atoms with Crippen molar-refractivity contribution in [3.63, 3.8) is 0 Å². The highest BCUT2D eigenvalue weighted by Gasteiger charge is 2.35. The fourth-order valence-electron chi connectivity index (χ4n) is 3.35. The van der Waals surface area contributed by atoms with Crippen LogP contribution in [0.2, 0.25) is 0 Å². The lowest BCUT2D eigenvalue weighted by Gasteiger charge is -2.19. The second-order valence-corrected chi connectivity index (χ2v) is 6.43. The molecular formula is C20H33N3. The molecule has 0 atom stereocenters. The summed E-state index contributed by atoms with van der Waals surface area (Å²) in [5.41, 5.74) is 7.87. The van der Waals surface area contributed by atoms with Crippen LogP contribution < -0.4 is 5.32 Å². The van der Waals surface area contributed by atoms with Crippen molar-refractivity contribution in [2.75, 3.05) is 0 Å². The molecule has 1 N–H and O–H groups in total. The third kappa shape index (κ3) is 2.94. The van der Waals surface area contributed by atoms with Crippen molar-refractivity contribution in [2.24, 2.45) is 0 Å². The molecule has 3 heteroatoms. The molecule has 0 amide bonds. The van der Waals surface area contributed by atoms with E-state index in [2.05, 4.69) is 62.8 Å². The highest BCUT2D eigenvalue weighted by atomic mass is 15.3. The first-order chi connectivity index (χ1) is 9.99. The van der Waals surface area contributed by atoms with Gasteiger partial charge in [0.15, 0.2) is 0 Å². The van der Waals surface area contributed by atoms with E-state index in [0.717, 1.165) is 19.4 Å². The predicted molar refractivity (Wildman–Crippen MR) is 100 cm³/mol. The highest BCUT2D eigenvalue weighted by molar-refractivity contribution is 5.51. The number of nitrogens with one attached hydrogen (secondary N) is 1. The van der Waals surface area contributed by atoms with Gasteiger partial charge in [0.05, 0.1) is 16.9 Å². The van der Waals surface area contributed by atoms with Gasteiger partial charge in [-0.25, -0.2) is 4.68 Å². The Morgan fingerprint density at radius 3 is 2.17 bits per heavy atom. The average molecular weight is 316 g/mol. The number of hydrogen-bond acceptors (Lipinski definition) is 2. The molecule has 0 saturated heterocycles. The number of benzene rings is 1. The monoisotopic (exact) mass is 315 g/mol. The van der Waals surface area contributed by atoms with E-state index >= 15 is 0 Å². The van der Waals surface area contributed by atoms with E-state index in [1.165, 1.54) is 33.8 Å². The van der Waals surface area contributed by atoms with E-state index in [9.17, 15) is 0 Å². The summed E-state index contributed by atoms with van der Waals surface area (Å²) < 4.78 is 2.19. The van der Waals surface area contributed by atoms with Crippen LogP contribution in [0, 0.1) is 6.92 Å². The molecule has 1 aliphatic rings. The molecule has 23 heavy (non-hydrogen) atoms. The van der Waals surface area contributed by atoms with Gasteiger partial charge in [-0.2, -0.15) is 5.10 Å². The highest BCUT2D eigenvalue weighted by Crippen LogP contribution is 2.34. The van der Waals surface area contributed by atoms with Crippen LogP contribution in [0.25, 0.3) is 5.69 Å². The Morgan fingerprint density at radius 1 is 1.13 bits per heavy atom. The molecule has 2 heterocycles. The maximum Gasteiger partial charge on any atom is 0.0871 e. The SMILES string of the molecule is C.C.CCc1cccc(CC)c1-n1nc2c(c1C)CNC2(C)C. The maximum absolute atomic E-state index is 4.98. The van der Waals surface area contributed by atoms with Crippen LogP contribution in [-0.2, 0) is 24.9 Å². The minimum absolute atomic E-state index is 0. The van der Waals surface area contributed by atoms with Crippen LogP contribution in [0.15, 0.2) is 18.2 Å². The van der Waals surface area contributed by atoms with Crippen LogP contribution in [0.5, 0.6) is 0 Å². The quantitative estimate of drug-likeness (QED) is 0.871. The first kappa shape index (κ1) is 19.4. The van der Waals surface area contributed by atoms with Gasteiger partial charge in [-0.05, 0) is 44.7 Å². The zero-order valence-corrected chi connectivity index (χ0v) is 13.7. The molecule has 3 rings (SSSR count). The van der Waals surface area contributed by atoms with Crippen molar-refractivity contribution in [2.45, 2.75) is 74.4 Å². The molecule has 0 saturated carbocycles. The van der Waals surface area contributed by atoms with Crippen molar-refractivity contribution < 1.29 is 0 Å². The Balaban J connectivity index is 0.00000132. The lowest BCUT2D eigenvalue weighted by atomic mass is 10.0. The summed E-state index contributed by atoms with van der Waals surface area (Å²) >= 11 is 0. The van der Waals surface area contributed by atoms with E-state index in [1.807, 2.05) is 0 Å². The summed E-state index contributed by atoms with van der Waals surface area (Å²) in [5, 5.41) is 8.53. The van der Waals surface area contributed by atoms with Gasteiger partial charge in [0.2, 0.25) is 0 Å². The standard InChI is InChI=1S/C18H25N3.2CH4/c1-6-13-9-8-10-14(7-2)16(13)21-12(3)15-11-19-18(4,5)17(15)20-21;;/h8-10,19H,6-7,11H2,1-5H3;2*1H4. The van der Waals surface area contributed by atoms with Crippen molar-refractivity contribution in [1.82, 2.24) is 15.1 Å². The zero-order chi connectivity index (χ0) is 15.2. The molecule has 1 aromatic carbocycles. The first-order valence-electron chi connectivity index (χ1n) is 7.94. The van der Waals surface area contributed by atoms with Gasteiger partial charge < -0.3 is 5.32 Å². The summed E-state index contributed by atoms with van der Waals surface area (Å²) in [6, 6.07) is 6.62. The number of aryl methyl sites for hydroxylation is 2. The van der Waals surface area contributed by atoms with Gasteiger partial charge in [0.1, 0.15) is 0 Å².